The van der Waals surface area contributed by atoms with Crippen LogP contribution in [0.2, 0.25) is 0 Å². The number of nitrogens with one attached hydrogen (secondary N) is 1. The molecule has 1 atom stereocenters. The smallest absolute Gasteiger partial charge is 0.406 e. The molecule has 1 fully saturated rings. The molecule has 130 valence electrons. The molecule has 1 unspecified atom stereocenters. The zero-order valence-electron chi connectivity index (χ0n) is 12.7. The van der Waals surface area contributed by atoms with E-state index in [-0.39, 0.29) is 24.1 Å². The number of hydrogen-bond acceptors (Lipinski definition) is 3. The average Bonchev–Trinajstić information content (AvgIpc) is 2.77. The van der Waals surface area contributed by atoms with Gasteiger partial charge in [-0.3, -0.25) is 9.59 Å². The van der Waals surface area contributed by atoms with Crippen LogP contribution in [0.3, 0.4) is 0 Å². The molecule has 1 saturated heterocycles. The highest BCUT2D eigenvalue weighted by Gasteiger charge is 2.39. The van der Waals surface area contributed by atoms with Crippen LogP contribution in [0.15, 0.2) is 18.2 Å². The van der Waals surface area contributed by atoms with Crippen LogP contribution in [-0.4, -0.2) is 53.1 Å². The van der Waals surface area contributed by atoms with Crippen molar-refractivity contribution in [3.05, 3.63) is 34.9 Å². The Bertz CT molecular complexity index is 688. The molecule has 0 aromatic heterocycles. The molecule has 1 aliphatic rings. The number of nitrogens with zero attached hydrogens (tertiary/aromatic N) is 1. The van der Waals surface area contributed by atoms with Crippen LogP contribution in [0.4, 0.5) is 13.2 Å². The highest BCUT2D eigenvalue weighted by molar-refractivity contribution is 6.00. The van der Waals surface area contributed by atoms with Gasteiger partial charge in [-0.15, -0.1) is 0 Å². The maximum Gasteiger partial charge on any atom is 0.406 e. The summed E-state index contributed by atoms with van der Waals surface area (Å²) < 4.78 is 37.1. The first-order chi connectivity index (χ1) is 11.1. The van der Waals surface area contributed by atoms with E-state index < -0.39 is 36.5 Å². The minimum absolute atomic E-state index is 0.0365. The van der Waals surface area contributed by atoms with Crippen LogP contribution in [0.1, 0.15) is 32.7 Å². The third-order valence-corrected chi connectivity index (χ3v) is 3.56. The molecule has 24 heavy (non-hydrogen) atoms. The minimum atomic E-state index is -4.50. The van der Waals surface area contributed by atoms with Crippen molar-refractivity contribution in [2.45, 2.75) is 25.6 Å². The number of carbonyl (C=O) groups is 3. The van der Waals surface area contributed by atoms with E-state index in [1.165, 1.54) is 12.1 Å². The fourth-order valence-corrected chi connectivity index (χ4v) is 2.53. The van der Waals surface area contributed by atoms with E-state index in [0.29, 0.717) is 10.5 Å². The van der Waals surface area contributed by atoms with Gasteiger partial charge in [-0.05, 0) is 37.1 Å². The van der Waals surface area contributed by atoms with Gasteiger partial charge in [-0.1, -0.05) is 0 Å². The largest absolute Gasteiger partial charge is 0.478 e. The maximum atomic E-state index is 12.4. The number of carboxylic acid groups (broad SMARTS) is 1. The number of likely N-dealkylation sites (tertiary alicyclic amines) is 1. The van der Waals surface area contributed by atoms with Crippen molar-refractivity contribution in [1.82, 2.24) is 10.2 Å². The molecule has 2 amide bonds. The molecule has 1 aliphatic heterocycles. The van der Waals surface area contributed by atoms with Gasteiger partial charge in [0, 0.05) is 12.1 Å². The zero-order chi connectivity index (χ0) is 18.1. The van der Waals surface area contributed by atoms with E-state index in [9.17, 15) is 27.6 Å². The van der Waals surface area contributed by atoms with E-state index in [0.717, 1.165) is 6.07 Å². The van der Waals surface area contributed by atoms with E-state index >= 15 is 0 Å². The number of aryl methyl sites for hydroxylation is 1. The highest BCUT2D eigenvalue weighted by Crippen LogP contribution is 2.21. The summed E-state index contributed by atoms with van der Waals surface area (Å²) in [5, 5.41) is 11.3. The number of alkyl halides is 3. The second-order valence-corrected chi connectivity index (χ2v) is 5.58. The van der Waals surface area contributed by atoms with E-state index in [4.69, 9.17) is 5.11 Å². The Morgan fingerprint density at radius 2 is 1.92 bits per heavy atom. The van der Waals surface area contributed by atoms with E-state index in [1.54, 1.807) is 6.92 Å². The lowest BCUT2D eigenvalue weighted by atomic mass is 10.1. The number of carbonyl (C=O) groups excluding carboxylic acids is 2. The lowest BCUT2D eigenvalue weighted by Gasteiger charge is -2.18. The van der Waals surface area contributed by atoms with Gasteiger partial charge >= 0.3 is 12.1 Å². The Hall–Kier alpha value is -2.58. The molecular formula is C15H15F3N2O4. The van der Waals surface area contributed by atoms with Crippen LogP contribution in [0, 0.1) is 6.92 Å². The summed E-state index contributed by atoms with van der Waals surface area (Å²) >= 11 is 0. The van der Waals surface area contributed by atoms with Gasteiger partial charge in [0.25, 0.3) is 5.91 Å². The summed E-state index contributed by atoms with van der Waals surface area (Å²) in [6, 6.07) is 2.92. The van der Waals surface area contributed by atoms with Gasteiger partial charge in [0.05, 0.1) is 5.56 Å². The van der Waals surface area contributed by atoms with Crippen LogP contribution in [-0.2, 0) is 4.79 Å². The van der Waals surface area contributed by atoms with Gasteiger partial charge in [0.1, 0.15) is 12.6 Å². The van der Waals surface area contributed by atoms with Crippen LogP contribution >= 0.6 is 0 Å². The molecule has 1 aromatic carbocycles. The van der Waals surface area contributed by atoms with Crippen LogP contribution in [0.25, 0.3) is 0 Å². The van der Waals surface area contributed by atoms with Gasteiger partial charge in [0.2, 0.25) is 5.91 Å². The Morgan fingerprint density at radius 1 is 1.29 bits per heavy atom. The van der Waals surface area contributed by atoms with Crippen molar-refractivity contribution in [3.63, 3.8) is 0 Å². The summed E-state index contributed by atoms with van der Waals surface area (Å²) in [7, 11) is 0. The number of aromatic carboxylic acids is 1. The molecule has 1 aromatic rings. The Morgan fingerprint density at radius 3 is 2.50 bits per heavy atom. The lowest BCUT2D eigenvalue weighted by molar-refractivity contribution is -0.157. The number of halogens is 3. The Labute approximate surface area is 135 Å². The maximum absolute atomic E-state index is 12.4. The molecule has 2 N–H and O–H groups in total. The van der Waals surface area contributed by atoms with Crippen molar-refractivity contribution in [3.8, 4) is 0 Å². The van der Waals surface area contributed by atoms with Crippen molar-refractivity contribution >= 4 is 17.8 Å². The van der Waals surface area contributed by atoms with Crippen molar-refractivity contribution < 1.29 is 32.7 Å². The van der Waals surface area contributed by atoms with Gasteiger partial charge in [-0.2, -0.15) is 13.2 Å². The topological polar surface area (TPSA) is 86.7 Å². The van der Waals surface area contributed by atoms with Crippen molar-refractivity contribution in [2.24, 2.45) is 0 Å². The molecule has 9 heteroatoms. The van der Waals surface area contributed by atoms with E-state index in [1.807, 2.05) is 0 Å². The van der Waals surface area contributed by atoms with Crippen molar-refractivity contribution in [1.29, 1.82) is 0 Å². The number of benzene rings is 1. The SMILES string of the molecule is Cc1cc(C(=O)O)cc(C(=O)NC2CCN(CC(F)(F)F)C2=O)c1. The summed E-state index contributed by atoms with van der Waals surface area (Å²) in [4.78, 5) is 35.7. The molecule has 0 aliphatic carbocycles. The van der Waals surface area contributed by atoms with Gasteiger partial charge in [-0.25, -0.2) is 4.79 Å². The quantitative estimate of drug-likeness (QED) is 0.868. The Balaban J connectivity index is 2.08. The molecule has 0 bridgehead atoms. The summed E-state index contributed by atoms with van der Waals surface area (Å²) in [5.41, 5.74) is 0.488. The lowest BCUT2D eigenvalue weighted by Crippen LogP contribution is -2.43. The van der Waals surface area contributed by atoms with Crippen LogP contribution < -0.4 is 5.32 Å². The molecule has 2 rings (SSSR count). The molecule has 0 radical (unpaired) electrons. The predicted molar refractivity (Wildman–Crippen MR) is 76.6 cm³/mol. The normalized spacial score (nSPS) is 17.9. The number of rotatable bonds is 4. The number of carboxylic acids is 1. The van der Waals surface area contributed by atoms with E-state index in [2.05, 4.69) is 5.32 Å². The fourth-order valence-electron chi connectivity index (χ4n) is 2.53. The standard InChI is InChI=1S/C15H15F3N2O4/c1-8-4-9(6-10(5-8)14(23)24)12(21)19-11-2-3-20(13(11)22)7-15(16,17)18/h4-6,11H,2-3,7H2,1H3,(H,19,21)(H,23,24). The highest BCUT2D eigenvalue weighted by atomic mass is 19.4. The summed E-state index contributed by atoms with van der Waals surface area (Å²) in [5.74, 6) is -2.71. The second kappa shape index (κ2) is 6.50. The third-order valence-electron chi connectivity index (χ3n) is 3.56. The molecular weight excluding hydrogens is 329 g/mol. The first kappa shape index (κ1) is 17.8. The van der Waals surface area contributed by atoms with Gasteiger partial charge < -0.3 is 15.3 Å². The molecule has 0 spiro atoms. The zero-order valence-corrected chi connectivity index (χ0v) is 12.7. The number of amides is 2. The molecule has 1 heterocycles. The monoisotopic (exact) mass is 344 g/mol. The fraction of sp³-hybridized carbons (Fsp3) is 0.400. The third kappa shape index (κ3) is 4.24. The minimum Gasteiger partial charge on any atom is -0.478 e. The molecule has 0 saturated carbocycles. The predicted octanol–water partition coefficient (Wildman–Crippen LogP) is 1.59. The summed E-state index contributed by atoms with van der Waals surface area (Å²) in [6.45, 7) is 0.151. The first-order valence-electron chi connectivity index (χ1n) is 7.08. The average molecular weight is 344 g/mol. The molecule has 6 nitrogen and oxygen atoms in total. The Kier molecular flexibility index (Phi) is 4.81. The van der Waals surface area contributed by atoms with Crippen molar-refractivity contribution in [2.75, 3.05) is 13.1 Å². The first-order valence-corrected chi connectivity index (χ1v) is 7.08. The summed E-state index contributed by atoms with van der Waals surface area (Å²) in [6.07, 6.45) is -4.43. The van der Waals surface area contributed by atoms with Crippen LogP contribution in [0.5, 0.6) is 0 Å². The van der Waals surface area contributed by atoms with Gasteiger partial charge in [0.15, 0.2) is 0 Å². The second-order valence-electron chi connectivity index (χ2n) is 5.58. The number of hydrogen-bond donors (Lipinski definition) is 2.